The Hall–Kier alpha value is -1.12. The second-order valence-corrected chi connectivity index (χ2v) is 7.69. The van der Waals surface area contributed by atoms with Crippen LogP contribution < -0.4 is 5.32 Å². The maximum absolute atomic E-state index is 5.59. The van der Waals surface area contributed by atoms with E-state index in [1.807, 2.05) is 0 Å². The average molecular weight is 498 g/mol. The zero-order valence-corrected chi connectivity index (χ0v) is 19.8. The van der Waals surface area contributed by atoms with Crippen LogP contribution in [0.2, 0.25) is 0 Å². The molecule has 0 aliphatic carbocycles. The van der Waals surface area contributed by atoms with Gasteiger partial charge in [-0.1, -0.05) is 36.4 Å². The number of benzene rings is 1. The lowest BCUT2D eigenvalue weighted by Crippen LogP contribution is -2.52. The molecule has 28 heavy (non-hydrogen) atoms. The number of halogens is 1. The lowest BCUT2D eigenvalue weighted by Gasteiger charge is -2.42. The molecule has 0 atom stereocenters. The summed E-state index contributed by atoms with van der Waals surface area (Å²) in [4.78, 5) is 9.77. The first kappa shape index (κ1) is 23.2. The minimum Gasteiger partial charge on any atom is -0.381 e. The van der Waals surface area contributed by atoms with E-state index in [0.29, 0.717) is 0 Å². The molecule has 6 heteroatoms. The van der Waals surface area contributed by atoms with Crippen LogP contribution >= 0.6 is 24.0 Å². The molecule has 1 N–H and O–H groups in total. The third kappa shape index (κ3) is 5.70. The Morgan fingerprint density at radius 3 is 2.50 bits per heavy atom. The van der Waals surface area contributed by atoms with E-state index in [4.69, 9.17) is 9.73 Å². The molecule has 2 aliphatic rings. The first-order valence-electron chi connectivity index (χ1n) is 10.2. The van der Waals surface area contributed by atoms with Gasteiger partial charge in [-0.05, 0) is 51.4 Å². The van der Waals surface area contributed by atoms with Crippen molar-refractivity contribution in [1.29, 1.82) is 0 Å². The van der Waals surface area contributed by atoms with Crippen LogP contribution in [-0.2, 0) is 4.74 Å². The number of nitrogens with zero attached hydrogens (tertiary/aromatic N) is 3. The van der Waals surface area contributed by atoms with Crippen molar-refractivity contribution < 1.29 is 4.74 Å². The molecule has 1 aromatic rings. The number of nitrogens with one attached hydrogen (secondary N) is 1. The number of hydrogen-bond donors (Lipinski definition) is 1. The summed E-state index contributed by atoms with van der Waals surface area (Å²) < 4.78 is 5.59. The molecule has 0 amide bonds. The van der Waals surface area contributed by atoms with Crippen LogP contribution in [0.4, 0.5) is 0 Å². The van der Waals surface area contributed by atoms with Crippen molar-refractivity contribution in [3.63, 3.8) is 0 Å². The summed E-state index contributed by atoms with van der Waals surface area (Å²) in [7, 11) is 4.34. The molecule has 0 unspecified atom stereocenters. The summed E-state index contributed by atoms with van der Waals surface area (Å²) in [5.41, 5.74) is 2.89. The summed E-state index contributed by atoms with van der Waals surface area (Å²) >= 11 is 0. The first-order valence-corrected chi connectivity index (χ1v) is 10.2. The molecule has 0 radical (unpaired) electrons. The molecule has 1 saturated heterocycles. The lowest BCUT2D eigenvalue weighted by atomic mass is 9.89. The quantitative estimate of drug-likeness (QED) is 0.384. The first-order chi connectivity index (χ1) is 13.1. The molecular weight excluding hydrogens is 463 g/mol. The average Bonchev–Trinajstić information content (AvgIpc) is 2.72. The second kappa shape index (κ2) is 11.2. The number of guanidine groups is 1. The van der Waals surface area contributed by atoms with Gasteiger partial charge in [0.25, 0.3) is 0 Å². The second-order valence-electron chi connectivity index (χ2n) is 7.69. The summed E-state index contributed by atoms with van der Waals surface area (Å²) in [6.45, 7) is 7.42. The Kier molecular flexibility index (Phi) is 9.24. The Morgan fingerprint density at radius 1 is 1.21 bits per heavy atom. The fourth-order valence-electron chi connectivity index (χ4n) is 3.92. The highest BCUT2D eigenvalue weighted by Crippen LogP contribution is 2.27. The van der Waals surface area contributed by atoms with Gasteiger partial charge >= 0.3 is 0 Å². The van der Waals surface area contributed by atoms with Gasteiger partial charge in [0.15, 0.2) is 5.96 Å². The predicted molar refractivity (Wildman–Crippen MR) is 128 cm³/mol. The summed E-state index contributed by atoms with van der Waals surface area (Å²) in [6, 6.07) is 10.7. The minimum atomic E-state index is 0. The van der Waals surface area contributed by atoms with Gasteiger partial charge in [-0.25, -0.2) is 0 Å². The van der Waals surface area contributed by atoms with Gasteiger partial charge in [-0.2, -0.15) is 0 Å². The molecule has 2 aliphatic heterocycles. The normalized spacial score (nSPS) is 19.8. The Balaban J connectivity index is 0.00000280. The SMILES string of the molecule is CCNC(=NCC1(N(C)C)CCOCC1)N1CC=C(c2ccccc2)CC1.I. The van der Waals surface area contributed by atoms with Crippen molar-refractivity contribution in [3.8, 4) is 0 Å². The number of hydrogen-bond acceptors (Lipinski definition) is 3. The predicted octanol–water partition coefficient (Wildman–Crippen LogP) is 3.47. The van der Waals surface area contributed by atoms with E-state index in [9.17, 15) is 0 Å². The van der Waals surface area contributed by atoms with Crippen LogP contribution in [-0.4, -0.2) is 74.8 Å². The highest BCUT2D eigenvalue weighted by molar-refractivity contribution is 14.0. The summed E-state index contributed by atoms with van der Waals surface area (Å²) in [6.07, 6.45) is 5.49. The number of aliphatic imine (C=N–C) groups is 1. The van der Waals surface area contributed by atoms with Gasteiger partial charge in [-0.3, -0.25) is 4.99 Å². The van der Waals surface area contributed by atoms with Crippen LogP contribution in [0.1, 0.15) is 31.7 Å². The zero-order valence-electron chi connectivity index (χ0n) is 17.5. The van der Waals surface area contributed by atoms with Gasteiger partial charge in [-0.15, -0.1) is 24.0 Å². The fraction of sp³-hybridized carbons (Fsp3) is 0.591. The van der Waals surface area contributed by atoms with Crippen molar-refractivity contribution in [1.82, 2.24) is 15.1 Å². The minimum absolute atomic E-state index is 0. The molecule has 5 nitrogen and oxygen atoms in total. The molecule has 0 spiro atoms. The van der Waals surface area contributed by atoms with Crippen molar-refractivity contribution in [2.75, 3.05) is 53.5 Å². The van der Waals surface area contributed by atoms with E-state index in [1.54, 1.807) is 0 Å². The highest BCUT2D eigenvalue weighted by Gasteiger charge is 2.35. The van der Waals surface area contributed by atoms with E-state index >= 15 is 0 Å². The maximum Gasteiger partial charge on any atom is 0.194 e. The Labute approximate surface area is 187 Å². The molecular formula is C22H35IN4O. The van der Waals surface area contributed by atoms with Gasteiger partial charge in [0.2, 0.25) is 0 Å². The van der Waals surface area contributed by atoms with Crippen LogP contribution in [0.15, 0.2) is 41.4 Å². The largest absolute Gasteiger partial charge is 0.381 e. The van der Waals surface area contributed by atoms with Gasteiger partial charge in [0, 0.05) is 38.4 Å². The van der Waals surface area contributed by atoms with Crippen LogP contribution in [0.3, 0.4) is 0 Å². The number of ether oxygens (including phenoxy) is 1. The monoisotopic (exact) mass is 498 g/mol. The zero-order chi connectivity index (χ0) is 19.1. The number of rotatable bonds is 5. The Morgan fingerprint density at radius 2 is 1.93 bits per heavy atom. The van der Waals surface area contributed by atoms with Crippen molar-refractivity contribution in [2.24, 2.45) is 4.99 Å². The molecule has 1 aromatic carbocycles. The third-order valence-corrected chi connectivity index (χ3v) is 5.88. The molecule has 1 fully saturated rings. The molecule has 156 valence electrons. The van der Waals surface area contributed by atoms with E-state index in [1.165, 1.54) is 11.1 Å². The van der Waals surface area contributed by atoms with Crippen molar-refractivity contribution >= 4 is 35.5 Å². The topological polar surface area (TPSA) is 40.1 Å². The van der Waals surface area contributed by atoms with Crippen LogP contribution in [0.25, 0.3) is 5.57 Å². The molecule has 0 saturated carbocycles. The van der Waals surface area contributed by atoms with E-state index in [-0.39, 0.29) is 29.5 Å². The van der Waals surface area contributed by atoms with Crippen LogP contribution in [0.5, 0.6) is 0 Å². The number of likely N-dealkylation sites (N-methyl/N-ethyl adjacent to an activating group) is 1. The summed E-state index contributed by atoms with van der Waals surface area (Å²) in [5, 5.41) is 3.50. The molecule has 2 heterocycles. The maximum atomic E-state index is 5.59. The van der Waals surface area contributed by atoms with Gasteiger partial charge < -0.3 is 19.9 Å². The molecule has 3 rings (SSSR count). The van der Waals surface area contributed by atoms with Crippen molar-refractivity contribution in [3.05, 3.63) is 42.0 Å². The summed E-state index contributed by atoms with van der Waals surface area (Å²) in [5.74, 6) is 1.04. The van der Waals surface area contributed by atoms with E-state index in [0.717, 1.165) is 64.6 Å². The fourth-order valence-corrected chi connectivity index (χ4v) is 3.92. The van der Waals surface area contributed by atoms with Gasteiger partial charge in [0.05, 0.1) is 6.54 Å². The van der Waals surface area contributed by atoms with Gasteiger partial charge in [0.1, 0.15) is 0 Å². The van der Waals surface area contributed by atoms with E-state index < -0.39 is 0 Å². The third-order valence-electron chi connectivity index (χ3n) is 5.88. The Bertz CT molecular complexity index is 654. The molecule has 0 bridgehead atoms. The molecule has 0 aromatic heterocycles. The lowest BCUT2D eigenvalue weighted by molar-refractivity contribution is -0.00263. The van der Waals surface area contributed by atoms with E-state index in [2.05, 4.69) is 72.5 Å². The standard InChI is InChI=1S/C22H34N4O.HI/c1-4-23-21(24-18-22(25(2)3)12-16-27-17-13-22)26-14-10-20(11-15-26)19-8-6-5-7-9-19;/h5-10H,4,11-18H2,1-3H3,(H,23,24);1H. The highest BCUT2D eigenvalue weighted by atomic mass is 127. The van der Waals surface area contributed by atoms with Crippen LogP contribution in [0, 0.1) is 0 Å². The smallest absolute Gasteiger partial charge is 0.194 e. The van der Waals surface area contributed by atoms with Crippen molar-refractivity contribution in [2.45, 2.75) is 31.7 Å².